The lowest BCUT2D eigenvalue weighted by atomic mass is 10.1. The van der Waals surface area contributed by atoms with E-state index in [0.717, 1.165) is 5.56 Å². The number of carbonyl (C=O) groups is 1. The lowest BCUT2D eigenvalue weighted by molar-refractivity contribution is -0.120. The van der Waals surface area contributed by atoms with Crippen molar-refractivity contribution in [2.24, 2.45) is 0 Å². The van der Waals surface area contributed by atoms with E-state index >= 15 is 0 Å². The number of oxazole rings is 1. The molecule has 0 bridgehead atoms. The number of H-pyrrole nitrogens is 1. The smallest absolute Gasteiger partial charge is 0.408 e. The predicted octanol–water partition coefficient (Wildman–Crippen LogP) is 2.36. The van der Waals surface area contributed by atoms with Crippen molar-refractivity contribution < 1.29 is 9.21 Å². The molecule has 0 saturated heterocycles. The van der Waals surface area contributed by atoms with Crippen LogP contribution in [0.5, 0.6) is 0 Å². The van der Waals surface area contributed by atoms with E-state index in [1.807, 2.05) is 49.3 Å². The second kappa shape index (κ2) is 6.10. The molecular weight excluding hydrogens is 294 g/mol. The van der Waals surface area contributed by atoms with Crippen LogP contribution in [-0.4, -0.2) is 29.9 Å². The molecule has 0 fully saturated rings. The first-order valence-corrected chi connectivity index (χ1v) is 7.20. The fourth-order valence-electron chi connectivity index (χ4n) is 2.55. The lowest BCUT2D eigenvalue weighted by Crippen LogP contribution is -2.32. The molecule has 0 saturated carbocycles. The number of benzene rings is 2. The fourth-order valence-corrected chi connectivity index (χ4v) is 2.55. The third kappa shape index (κ3) is 3.17. The summed E-state index contributed by atoms with van der Waals surface area (Å²) in [6.45, 7) is 0. The van der Waals surface area contributed by atoms with Gasteiger partial charge in [0.15, 0.2) is 5.58 Å². The average molecular weight is 311 g/mol. The summed E-state index contributed by atoms with van der Waals surface area (Å²) in [6.07, 6.45) is 0. The van der Waals surface area contributed by atoms with E-state index in [1.165, 1.54) is 0 Å². The zero-order valence-corrected chi connectivity index (χ0v) is 12.9. The molecule has 0 spiro atoms. The van der Waals surface area contributed by atoms with Crippen LogP contribution in [0.1, 0.15) is 11.6 Å². The Bertz CT molecular complexity index is 881. The van der Waals surface area contributed by atoms with Crippen molar-refractivity contribution in [2.45, 2.75) is 6.04 Å². The molecule has 2 aromatic carbocycles. The zero-order valence-electron chi connectivity index (χ0n) is 12.9. The quantitative estimate of drug-likeness (QED) is 0.775. The van der Waals surface area contributed by atoms with Crippen molar-refractivity contribution in [2.75, 3.05) is 19.4 Å². The van der Waals surface area contributed by atoms with Gasteiger partial charge in [0.05, 0.1) is 5.52 Å². The number of hydrogen-bond acceptors (Lipinski definition) is 4. The number of carbonyl (C=O) groups excluding carboxylic acids is 1. The summed E-state index contributed by atoms with van der Waals surface area (Å²) in [5.74, 6) is -0.669. The Morgan fingerprint density at radius 1 is 1.17 bits per heavy atom. The highest BCUT2D eigenvalue weighted by Crippen LogP contribution is 2.22. The first-order valence-electron chi connectivity index (χ1n) is 7.20. The van der Waals surface area contributed by atoms with Crippen LogP contribution in [0.2, 0.25) is 0 Å². The summed E-state index contributed by atoms with van der Waals surface area (Å²) in [7, 11) is 3.71. The number of fused-ring (bicyclic) bond motifs is 1. The highest BCUT2D eigenvalue weighted by Gasteiger charge is 2.22. The number of nitrogens with one attached hydrogen (secondary N) is 2. The molecule has 118 valence electrons. The molecule has 0 aliphatic rings. The van der Waals surface area contributed by atoms with Gasteiger partial charge in [-0.2, -0.15) is 0 Å². The Morgan fingerprint density at radius 3 is 2.61 bits per heavy atom. The van der Waals surface area contributed by atoms with E-state index in [1.54, 1.807) is 18.2 Å². The van der Waals surface area contributed by atoms with Gasteiger partial charge in [-0.05, 0) is 31.8 Å². The lowest BCUT2D eigenvalue weighted by Gasteiger charge is -2.23. The second-order valence-corrected chi connectivity index (χ2v) is 5.49. The third-order valence-electron chi connectivity index (χ3n) is 3.57. The van der Waals surface area contributed by atoms with E-state index < -0.39 is 11.8 Å². The number of hydrogen-bond donors (Lipinski definition) is 2. The Balaban J connectivity index is 1.87. The molecule has 1 aromatic heterocycles. The Labute approximate surface area is 132 Å². The summed E-state index contributed by atoms with van der Waals surface area (Å²) in [5.41, 5.74) is 2.49. The molecule has 6 nitrogen and oxygen atoms in total. The maximum atomic E-state index is 12.6. The zero-order chi connectivity index (χ0) is 16.4. The first kappa shape index (κ1) is 15.1. The van der Waals surface area contributed by atoms with Crippen LogP contribution in [0.3, 0.4) is 0 Å². The minimum absolute atomic E-state index is 0.154. The summed E-state index contributed by atoms with van der Waals surface area (Å²) in [5, 5.41) is 2.87. The van der Waals surface area contributed by atoms with Gasteiger partial charge in [-0.25, -0.2) is 4.79 Å². The number of amides is 1. The van der Waals surface area contributed by atoms with E-state index in [4.69, 9.17) is 4.42 Å². The van der Waals surface area contributed by atoms with Crippen LogP contribution < -0.4 is 11.1 Å². The summed E-state index contributed by atoms with van der Waals surface area (Å²) < 4.78 is 5.01. The molecule has 3 aromatic rings. The molecule has 1 atom stereocenters. The number of likely N-dealkylation sites (N-methyl/N-ethyl adjacent to an activating group) is 1. The van der Waals surface area contributed by atoms with E-state index in [0.29, 0.717) is 16.8 Å². The van der Waals surface area contributed by atoms with Crippen LogP contribution in [0.4, 0.5) is 5.69 Å². The van der Waals surface area contributed by atoms with Gasteiger partial charge in [0, 0.05) is 11.8 Å². The standard InChI is InChI=1S/C17H17N3O3/c1-20(2)15(11-6-4-3-5-7-11)16(21)18-12-8-9-13-14(10-12)23-17(22)19-13/h3-10,15H,1-2H3,(H,18,21)(H,19,22). The monoisotopic (exact) mass is 311 g/mol. The maximum Gasteiger partial charge on any atom is 0.417 e. The topological polar surface area (TPSA) is 78.3 Å². The van der Waals surface area contributed by atoms with Gasteiger partial charge in [-0.1, -0.05) is 30.3 Å². The molecule has 6 heteroatoms. The third-order valence-corrected chi connectivity index (χ3v) is 3.57. The molecule has 23 heavy (non-hydrogen) atoms. The molecule has 0 aliphatic carbocycles. The SMILES string of the molecule is CN(C)C(C(=O)Nc1ccc2[nH]c(=O)oc2c1)c1ccccc1. The van der Waals surface area contributed by atoms with Crippen molar-refractivity contribution >= 4 is 22.7 Å². The maximum absolute atomic E-state index is 12.6. The van der Waals surface area contributed by atoms with E-state index in [2.05, 4.69) is 10.3 Å². The van der Waals surface area contributed by atoms with Crippen LogP contribution in [-0.2, 0) is 4.79 Å². The van der Waals surface area contributed by atoms with Gasteiger partial charge in [0.2, 0.25) is 5.91 Å². The van der Waals surface area contributed by atoms with Gasteiger partial charge >= 0.3 is 5.76 Å². The van der Waals surface area contributed by atoms with Gasteiger partial charge < -0.3 is 9.73 Å². The van der Waals surface area contributed by atoms with Gasteiger partial charge in [0.1, 0.15) is 6.04 Å². The van der Waals surface area contributed by atoms with Crippen molar-refractivity contribution in [3.05, 3.63) is 64.6 Å². The highest BCUT2D eigenvalue weighted by atomic mass is 16.4. The highest BCUT2D eigenvalue weighted by molar-refractivity contribution is 5.96. The van der Waals surface area contributed by atoms with Gasteiger partial charge in [-0.15, -0.1) is 0 Å². The number of aromatic nitrogens is 1. The summed E-state index contributed by atoms with van der Waals surface area (Å²) in [6, 6.07) is 14.2. The Kier molecular flexibility index (Phi) is 3.99. The number of nitrogens with zero attached hydrogens (tertiary/aromatic N) is 1. The Morgan fingerprint density at radius 2 is 1.91 bits per heavy atom. The molecule has 3 rings (SSSR count). The van der Waals surface area contributed by atoms with Crippen molar-refractivity contribution in [1.29, 1.82) is 0 Å². The summed E-state index contributed by atoms with van der Waals surface area (Å²) >= 11 is 0. The van der Waals surface area contributed by atoms with Gasteiger partial charge in [0.25, 0.3) is 0 Å². The van der Waals surface area contributed by atoms with E-state index in [-0.39, 0.29) is 5.91 Å². The molecular formula is C17H17N3O3. The van der Waals surface area contributed by atoms with Crippen LogP contribution in [0.25, 0.3) is 11.1 Å². The average Bonchev–Trinajstić information content (AvgIpc) is 2.87. The molecule has 0 radical (unpaired) electrons. The minimum atomic E-state index is -0.515. The normalized spacial score (nSPS) is 12.5. The predicted molar refractivity (Wildman–Crippen MR) is 88.3 cm³/mol. The number of aromatic amines is 1. The molecule has 1 unspecified atom stereocenters. The largest absolute Gasteiger partial charge is 0.417 e. The molecule has 2 N–H and O–H groups in total. The second-order valence-electron chi connectivity index (χ2n) is 5.49. The van der Waals surface area contributed by atoms with Crippen LogP contribution in [0, 0.1) is 0 Å². The number of anilines is 1. The molecule has 1 heterocycles. The Hall–Kier alpha value is -2.86. The molecule has 0 aliphatic heterocycles. The number of rotatable bonds is 4. The fraction of sp³-hybridized carbons (Fsp3) is 0.176. The van der Waals surface area contributed by atoms with Crippen molar-refractivity contribution in [3.63, 3.8) is 0 Å². The summed E-state index contributed by atoms with van der Waals surface area (Å²) in [4.78, 5) is 28.2. The minimum Gasteiger partial charge on any atom is -0.408 e. The van der Waals surface area contributed by atoms with E-state index in [9.17, 15) is 9.59 Å². The van der Waals surface area contributed by atoms with Gasteiger partial charge in [-0.3, -0.25) is 14.7 Å². The molecule has 1 amide bonds. The first-order chi connectivity index (χ1) is 11.0. The van der Waals surface area contributed by atoms with Crippen molar-refractivity contribution in [3.8, 4) is 0 Å². The van der Waals surface area contributed by atoms with Crippen molar-refractivity contribution in [1.82, 2.24) is 9.88 Å². The van der Waals surface area contributed by atoms with Crippen LogP contribution in [0.15, 0.2) is 57.7 Å². The van der Waals surface area contributed by atoms with Crippen LogP contribution >= 0.6 is 0 Å².